The zero-order chi connectivity index (χ0) is 13.7. The number of benzene rings is 1. The SMILES string of the molecule is [I-].c1ccc(CCNCCC[N+]23CCN(CC2)CC3)cc1. The van der Waals surface area contributed by atoms with Crippen molar-refractivity contribution >= 4 is 0 Å². The third-order valence-electron chi connectivity index (χ3n) is 5.09. The lowest BCUT2D eigenvalue weighted by Crippen LogP contribution is -3.00. The van der Waals surface area contributed by atoms with E-state index in [4.69, 9.17) is 0 Å². The van der Waals surface area contributed by atoms with Gasteiger partial charge in [-0.05, 0) is 18.5 Å². The maximum absolute atomic E-state index is 3.61. The van der Waals surface area contributed by atoms with Crippen LogP contribution in [-0.2, 0) is 6.42 Å². The molecule has 0 aliphatic carbocycles. The number of fused-ring (bicyclic) bond motifs is 3. The van der Waals surface area contributed by atoms with Crippen LogP contribution in [0.4, 0.5) is 0 Å². The Hall–Kier alpha value is -0.170. The van der Waals surface area contributed by atoms with Crippen LogP contribution in [0.5, 0.6) is 0 Å². The molecule has 4 heteroatoms. The van der Waals surface area contributed by atoms with Gasteiger partial charge in [0.25, 0.3) is 0 Å². The van der Waals surface area contributed by atoms with Gasteiger partial charge in [-0.3, -0.25) is 4.90 Å². The third-order valence-corrected chi connectivity index (χ3v) is 5.09. The van der Waals surface area contributed by atoms with Gasteiger partial charge in [0.05, 0.1) is 26.2 Å². The van der Waals surface area contributed by atoms with Crippen molar-refractivity contribution in [3.8, 4) is 0 Å². The first-order valence-corrected chi connectivity index (χ1v) is 8.18. The first-order valence-electron chi connectivity index (χ1n) is 8.18. The molecule has 3 heterocycles. The molecule has 1 aromatic carbocycles. The smallest absolute Gasteiger partial charge is 0.0916 e. The molecule has 0 aromatic heterocycles. The molecule has 0 atom stereocenters. The number of halogens is 1. The summed E-state index contributed by atoms with van der Waals surface area (Å²) in [6, 6.07) is 10.8. The normalized spacial score (nSPS) is 27.3. The van der Waals surface area contributed by atoms with Crippen molar-refractivity contribution in [3.63, 3.8) is 0 Å². The van der Waals surface area contributed by atoms with Gasteiger partial charge in [-0.15, -0.1) is 0 Å². The van der Waals surface area contributed by atoms with Crippen LogP contribution in [0.25, 0.3) is 0 Å². The van der Waals surface area contributed by atoms with Crippen LogP contribution in [0.2, 0.25) is 0 Å². The molecule has 1 N–H and O–H groups in total. The molecule has 3 saturated heterocycles. The lowest BCUT2D eigenvalue weighted by atomic mass is 10.1. The van der Waals surface area contributed by atoms with Gasteiger partial charge in [0.15, 0.2) is 0 Å². The van der Waals surface area contributed by atoms with Crippen molar-refractivity contribution in [3.05, 3.63) is 35.9 Å². The average Bonchev–Trinajstić information content (AvgIpc) is 2.53. The molecule has 3 aliphatic rings. The van der Waals surface area contributed by atoms with E-state index in [1.54, 1.807) is 0 Å². The van der Waals surface area contributed by atoms with Crippen molar-refractivity contribution < 1.29 is 28.5 Å². The molecule has 3 nitrogen and oxygen atoms in total. The minimum Gasteiger partial charge on any atom is -1.00 e. The Labute approximate surface area is 146 Å². The third kappa shape index (κ3) is 4.91. The van der Waals surface area contributed by atoms with Crippen molar-refractivity contribution in [2.45, 2.75) is 12.8 Å². The summed E-state index contributed by atoms with van der Waals surface area (Å²) < 4.78 is 1.40. The Morgan fingerprint density at radius 3 is 2.29 bits per heavy atom. The number of piperazine rings is 3. The second-order valence-corrected chi connectivity index (χ2v) is 6.42. The van der Waals surface area contributed by atoms with Gasteiger partial charge in [0, 0.05) is 32.6 Å². The second-order valence-electron chi connectivity index (χ2n) is 6.42. The number of rotatable bonds is 7. The number of nitrogens with one attached hydrogen (secondary N) is 1. The summed E-state index contributed by atoms with van der Waals surface area (Å²) in [5.41, 5.74) is 1.44. The van der Waals surface area contributed by atoms with E-state index < -0.39 is 0 Å². The summed E-state index contributed by atoms with van der Waals surface area (Å²) in [4.78, 5) is 2.62. The topological polar surface area (TPSA) is 15.3 Å². The molecule has 0 amide bonds. The van der Waals surface area contributed by atoms with Gasteiger partial charge in [0.2, 0.25) is 0 Å². The maximum Gasteiger partial charge on any atom is 0.0916 e. The molecule has 1 aromatic rings. The summed E-state index contributed by atoms with van der Waals surface area (Å²) in [7, 11) is 0. The Balaban J connectivity index is 0.00000161. The lowest BCUT2D eigenvalue weighted by Gasteiger charge is -2.50. The molecular formula is C17H28IN3. The molecule has 0 saturated carbocycles. The Morgan fingerprint density at radius 1 is 0.952 bits per heavy atom. The summed E-state index contributed by atoms with van der Waals surface area (Å²) in [6.45, 7) is 11.9. The molecule has 0 unspecified atom stereocenters. The Morgan fingerprint density at radius 2 is 1.62 bits per heavy atom. The van der Waals surface area contributed by atoms with Crippen LogP contribution >= 0.6 is 0 Å². The minimum atomic E-state index is 0. The van der Waals surface area contributed by atoms with E-state index in [1.165, 1.54) is 68.8 Å². The van der Waals surface area contributed by atoms with Gasteiger partial charge < -0.3 is 33.8 Å². The van der Waals surface area contributed by atoms with E-state index >= 15 is 0 Å². The fourth-order valence-corrected chi connectivity index (χ4v) is 3.61. The van der Waals surface area contributed by atoms with E-state index in [2.05, 4.69) is 40.5 Å². The second kappa shape index (κ2) is 8.46. The van der Waals surface area contributed by atoms with Crippen LogP contribution in [0, 0.1) is 0 Å². The highest BCUT2D eigenvalue weighted by atomic mass is 127. The maximum atomic E-state index is 3.61. The van der Waals surface area contributed by atoms with E-state index in [9.17, 15) is 0 Å². The van der Waals surface area contributed by atoms with Gasteiger partial charge in [0.1, 0.15) is 0 Å². The first-order chi connectivity index (χ1) is 9.86. The molecule has 21 heavy (non-hydrogen) atoms. The van der Waals surface area contributed by atoms with Gasteiger partial charge in [-0.25, -0.2) is 0 Å². The van der Waals surface area contributed by atoms with Crippen LogP contribution < -0.4 is 29.3 Å². The van der Waals surface area contributed by atoms with Crippen LogP contribution in [0.15, 0.2) is 30.3 Å². The molecule has 3 aliphatic heterocycles. The predicted octanol–water partition coefficient (Wildman–Crippen LogP) is -1.64. The van der Waals surface area contributed by atoms with Crippen molar-refractivity contribution in [1.29, 1.82) is 0 Å². The van der Waals surface area contributed by atoms with E-state index in [0.29, 0.717) is 0 Å². The van der Waals surface area contributed by atoms with E-state index in [1.807, 2.05) is 0 Å². The Bertz CT molecular complexity index is 388. The fraction of sp³-hybridized carbons (Fsp3) is 0.647. The van der Waals surface area contributed by atoms with Crippen molar-refractivity contribution in [2.24, 2.45) is 0 Å². The number of hydrogen-bond acceptors (Lipinski definition) is 2. The average molecular weight is 401 g/mol. The fourth-order valence-electron chi connectivity index (χ4n) is 3.61. The van der Waals surface area contributed by atoms with Crippen LogP contribution in [-0.4, -0.2) is 68.3 Å². The van der Waals surface area contributed by atoms with Crippen LogP contribution in [0.3, 0.4) is 0 Å². The molecule has 2 bridgehead atoms. The highest BCUT2D eigenvalue weighted by Crippen LogP contribution is 2.19. The molecule has 0 spiro atoms. The molecule has 118 valence electrons. The van der Waals surface area contributed by atoms with Gasteiger partial charge in [-0.2, -0.15) is 0 Å². The number of hydrogen-bond donors (Lipinski definition) is 1. The highest BCUT2D eigenvalue weighted by Gasteiger charge is 2.37. The zero-order valence-electron chi connectivity index (χ0n) is 12.9. The van der Waals surface area contributed by atoms with Gasteiger partial charge >= 0.3 is 0 Å². The largest absolute Gasteiger partial charge is 1.00 e. The summed E-state index contributed by atoms with van der Waals surface area (Å²) in [5.74, 6) is 0. The highest BCUT2D eigenvalue weighted by molar-refractivity contribution is 5.14. The van der Waals surface area contributed by atoms with Crippen molar-refractivity contribution in [1.82, 2.24) is 10.2 Å². The first kappa shape index (κ1) is 17.2. The number of quaternary nitrogens is 1. The summed E-state index contributed by atoms with van der Waals surface area (Å²) in [5, 5.41) is 3.61. The molecule has 0 radical (unpaired) electrons. The predicted molar refractivity (Wildman–Crippen MR) is 83.8 cm³/mol. The Kier molecular flexibility index (Phi) is 6.92. The monoisotopic (exact) mass is 401 g/mol. The van der Waals surface area contributed by atoms with Gasteiger partial charge in [-0.1, -0.05) is 30.3 Å². The standard InChI is InChI=1S/C17H28N3.HI/c1-2-5-17(6-3-1)7-9-18-8-4-13-20-14-10-19(11-15-20)12-16-20;/h1-3,5-6,18H,4,7-16H2;1H/q+1;/p-1. The van der Waals surface area contributed by atoms with Crippen molar-refractivity contribution in [2.75, 3.05) is 58.9 Å². The molecular weight excluding hydrogens is 373 g/mol. The minimum absolute atomic E-state index is 0. The zero-order valence-corrected chi connectivity index (χ0v) is 15.1. The number of nitrogens with zero attached hydrogens (tertiary/aromatic N) is 2. The summed E-state index contributed by atoms with van der Waals surface area (Å²) >= 11 is 0. The lowest BCUT2D eigenvalue weighted by molar-refractivity contribution is -0.941. The van der Waals surface area contributed by atoms with E-state index in [0.717, 1.165) is 13.0 Å². The van der Waals surface area contributed by atoms with E-state index in [-0.39, 0.29) is 24.0 Å². The summed E-state index contributed by atoms with van der Waals surface area (Å²) in [6.07, 6.45) is 2.48. The quantitative estimate of drug-likeness (QED) is 0.335. The van der Waals surface area contributed by atoms with Crippen LogP contribution in [0.1, 0.15) is 12.0 Å². The molecule has 3 fully saturated rings. The molecule has 4 rings (SSSR count).